The van der Waals surface area contributed by atoms with E-state index in [4.69, 9.17) is 8.83 Å². The van der Waals surface area contributed by atoms with Gasteiger partial charge in [0.15, 0.2) is 0 Å². The van der Waals surface area contributed by atoms with Crippen LogP contribution in [0, 0.1) is 0 Å². The smallest absolute Gasteiger partial charge is 0.145 e. The third-order valence-electron chi connectivity index (χ3n) is 12.0. The summed E-state index contributed by atoms with van der Waals surface area (Å²) < 4.78 is 15.9. The first kappa shape index (κ1) is 30.4. The Balaban J connectivity index is 1.20. The minimum Gasteiger partial charge on any atom is -0.456 e. The fourth-order valence-corrected chi connectivity index (χ4v) is 9.44. The maximum atomic E-state index is 6.95. The normalized spacial score (nSPS) is 13.4. The highest BCUT2D eigenvalue weighted by Crippen LogP contribution is 2.56. The molecule has 0 N–H and O–H groups in total. The van der Waals surface area contributed by atoms with Gasteiger partial charge >= 0.3 is 0 Å². The topological polar surface area (TPSA) is 34.5 Å². The van der Waals surface area contributed by atoms with Crippen LogP contribution >= 0.6 is 0 Å². The number of nitrogens with zero attached hydrogens (tertiary/aromatic N) is 2. The zero-order valence-corrected chi connectivity index (χ0v) is 30.4. The molecule has 3 aromatic heterocycles. The third kappa shape index (κ3) is 4.17. The summed E-state index contributed by atoms with van der Waals surface area (Å²) in [5.74, 6) is 0. The van der Waals surface area contributed by atoms with Crippen molar-refractivity contribution in [2.45, 2.75) is 19.3 Å². The summed E-state index contributed by atoms with van der Waals surface area (Å²) in [4.78, 5) is 2.42. The van der Waals surface area contributed by atoms with Gasteiger partial charge in [0.25, 0.3) is 0 Å². The van der Waals surface area contributed by atoms with Crippen LogP contribution in [-0.2, 0) is 5.41 Å². The Kier molecular flexibility index (Phi) is 6.09. The van der Waals surface area contributed by atoms with Gasteiger partial charge in [0.05, 0.1) is 22.1 Å². The average molecular weight is 707 g/mol. The van der Waals surface area contributed by atoms with E-state index in [0.29, 0.717) is 0 Å². The van der Waals surface area contributed by atoms with Crippen molar-refractivity contribution in [3.63, 3.8) is 0 Å². The number of fused-ring (bicyclic) bond motifs is 13. The van der Waals surface area contributed by atoms with Gasteiger partial charge in [0.2, 0.25) is 0 Å². The zero-order valence-electron chi connectivity index (χ0n) is 30.4. The lowest BCUT2D eigenvalue weighted by atomic mass is 9.82. The molecule has 260 valence electrons. The summed E-state index contributed by atoms with van der Waals surface area (Å²) in [6.07, 6.45) is 0. The van der Waals surface area contributed by atoms with Crippen LogP contribution in [0.1, 0.15) is 25.0 Å². The van der Waals surface area contributed by atoms with Gasteiger partial charge in [0, 0.05) is 61.0 Å². The predicted octanol–water partition coefficient (Wildman–Crippen LogP) is 14.4. The average Bonchev–Trinajstić information content (AvgIpc) is 3.95. The lowest BCUT2D eigenvalue weighted by Gasteiger charge is -2.29. The van der Waals surface area contributed by atoms with Crippen molar-refractivity contribution in [1.29, 1.82) is 0 Å². The summed E-state index contributed by atoms with van der Waals surface area (Å²) in [5, 5.41) is 6.80. The van der Waals surface area contributed by atoms with Crippen LogP contribution in [0.5, 0.6) is 0 Å². The van der Waals surface area contributed by atoms with E-state index in [-0.39, 0.29) is 5.41 Å². The Morgan fingerprint density at radius 2 is 1.11 bits per heavy atom. The van der Waals surface area contributed by atoms with E-state index in [9.17, 15) is 0 Å². The summed E-state index contributed by atoms with van der Waals surface area (Å²) in [6, 6.07) is 60.9. The molecule has 55 heavy (non-hydrogen) atoms. The lowest BCUT2D eigenvalue weighted by Crippen LogP contribution is -2.17. The number of hydrogen-bond acceptors (Lipinski definition) is 3. The Bertz CT molecular complexity index is 3360. The van der Waals surface area contributed by atoms with Gasteiger partial charge in [-0.25, -0.2) is 0 Å². The summed E-state index contributed by atoms with van der Waals surface area (Å²) in [5.41, 5.74) is 14.9. The molecule has 4 heteroatoms. The second kappa shape index (κ2) is 11.0. The molecule has 0 unspecified atom stereocenters. The highest BCUT2D eigenvalue weighted by Gasteiger charge is 2.39. The van der Waals surface area contributed by atoms with E-state index in [1.165, 1.54) is 38.5 Å². The van der Waals surface area contributed by atoms with Crippen molar-refractivity contribution >= 4 is 82.7 Å². The molecular weight excluding hydrogens is 673 g/mol. The van der Waals surface area contributed by atoms with Gasteiger partial charge in [-0.3, -0.25) is 0 Å². The second-order valence-corrected chi connectivity index (χ2v) is 15.3. The molecule has 0 saturated carbocycles. The van der Waals surface area contributed by atoms with Crippen molar-refractivity contribution in [3.05, 3.63) is 181 Å². The van der Waals surface area contributed by atoms with Crippen LogP contribution in [0.2, 0.25) is 0 Å². The third-order valence-corrected chi connectivity index (χ3v) is 12.0. The first-order valence-corrected chi connectivity index (χ1v) is 18.9. The van der Waals surface area contributed by atoms with Crippen molar-refractivity contribution in [2.75, 3.05) is 4.90 Å². The molecule has 11 aromatic rings. The number of hydrogen-bond donors (Lipinski definition) is 0. The summed E-state index contributed by atoms with van der Waals surface area (Å²) in [6.45, 7) is 4.68. The first-order valence-electron chi connectivity index (χ1n) is 18.9. The minimum atomic E-state index is -0.241. The number of aromatic nitrogens is 1. The fourth-order valence-electron chi connectivity index (χ4n) is 9.44. The minimum absolute atomic E-state index is 0.241. The van der Waals surface area contributed by atoms with Crippen LogP contribution in [-0.4, -0.2) is 4.57 Å². The number of rotatable bonds is 4. The fraction of sp³-hybridized carbons (Fsp3) is 0.0588. The molecule has 3 heterocycles. The van der Waals surface area contributed by atoms with E-state index in [1.807, 2.05) is 12.1 Å². The molecule has 1 aliphatic carbocycles. The van der Waals surface area contributed by atoms with Gasteiger partial charge < -0.3 is 18.3 Å². The maximum Gasteiger partial charge on any atom is 0.145 e. The summed E-state index contributed by atoms with van der Waals surface area (Å²) >= 11 is 0. The van der Waals surface area contributed by atoms with E-state index in [2.05, 4.69) is 181 Å². The van der Waals surface area contributed by atoms with Crippen LogP contribution in [0.4, 0.5) is 17.1 Å². The molecule has 1 aliphatic rings. The maximum absolute atomic E-state index is 6.95. The van der Waals surface area contributed by atoms with Crippen LogP contribution in [0.3, 0.4) is 0 Å². The number of benzene rings is 8. The van der Waals surface area contributed by atoms with E-state index >= 15 is 0 Å². The molecule has 8 aromatic carbocycles. The lowest BCUT2D eigenvalue weighted by molar-refractivity contribution is 0.653. The Morgan fingerprint density at radius 1 is 0.473 bits per heavy atom. The largest absolute Gasteiger partial charge is 0.456 e. The second-order valence-electron chi connectivity index (χ2n) is 15.3. The van der Waals surface area contributed by atoms with Crippen LogP contribution in [0.25, 0.3) is 82.5 Å². The molecular formula is C51H34N2O2. The SMILES string of the molecule is CC1(C)c2ccccc2-c2c1cc(N(c1ccc3c(c1)oc1ccccc13)c1ccc3c(c1)c1ccccc1n3-c1ccccc1)c1c2oc2ccccc21. The Morgan fingerprint density at radius 3 is 1.96 bits per heavy atom. The molecule has 4 nitrogen and oxygen atoms in total. The predicted molar refractivity (Wildman–Crippen MR) is 228 cm³/mol. The van der Waals surface area contributed by atoms with Gasteiger partial charge in [0.1, 0.15) is 22.3 Å². The molecule has 0 fully saturated rings. The monoisotopic (exact) mass is 706 g/mol. The Labute approximate surface area is 317 Å². The zero-order chi connectivity index (χ0) is 36.4. The van der Waals surface area contributed by atoms with Crippen molar-refractivity contribution in [3.8, 4) is 16.8 Å². The highest BCUT2D eigenvalue weighted by atomic mass is 16.3. The van der Waals surface area contributed by atoms with Gasteiger partial charge in [-0.2, -0.15) is 0 Å². The first-order chi connectivity index (χ1) is 27.0. The van der Waals surface area contributed by atoms with E-state index in [0.717, 1.165) is 72.1 Å². The van der Waals surface area contributed by atoms with Crippen LogP contribution in [0.15, 0.2) is 179 Å². The Hall–Kier alpha value is -7.04. The number of anilines is 3. The molecule has 0 bridgehead atoms. The van der Waals surface area contributed by atoms with Gasteiger partial charge in [-0.1, -0.05) is 111 Å². The molecule has 12 rings (SSSR count). The summed E-state index contributed by atoms with van der Waals surface area (Å²) in [7, 11) is 0. The van der Waals surface area contributed by atoms with Crippen molar-refractivity contribution < 1.29 is 8.83 Å². The highest BCUT2D eigenvalue weighted by molar-refractivity contribution is 6.20. The molecule has 0 radical (unpaired) electrons. The molecule has 0 atom stereocenters. The van der Waals surface area contributed by atoms with E-state index in [1.54, 1.807) is 0 Å². The van der Waals surface area contributed by atoms with Crippen molar-refractivity contribution in [2.24, 2.45) is 0 Å². The van der Waals surface area contributed by atoms with Crippen molar-refractivity contribution in [1.82, 2.24) is 4.57 Å². The van der Waals surface area contributed by atoms with Gasteiger partial charge in [-0.15, -0.1) is 0 Å². The molecule has 0 saturated heterocycles. The van der Waals surface area contributed by atoms with E-state index < -0.39 is 0 Å². The molecule has 0 aliphatic heterocycles. The molecule has 0 spiro atoms. The number of furan rings is 2. The number of para-hydroxylation sites is 4. The standard InChI is InChI=1S/C51H34N2O2/c1-51(2)40-20-10-6-18-37(40)48-41(51)30-44(49-38-19-9-13-23-46(38)55-50(48)49)52(33-24-26-36-35-17-8-12-22-45(35)54-47(36)29-33)32-25-27-43-39(28-32)34-16-7-11-21-42(34)53(43)31-14-4-3-5-15-31/h3-30H,1-2H3. The molecule has 0 amide bonds. The van der Waals surface area contributed by atoms with Crippen LogP contribution < -0.4 is 4.90 Å². The van der Waals surface area contributed by atoms with Gasteiger partial charge in [-0.05, 0) is 83.4 Å². The quantitative estimate of drug-likeness (QED) is 0.183.